The molecule has 0 aliphatic rings. The van der Waals surface area contributed by atoms with Crippen molar-refractivity contribution in [3.8, 4) is 0 Å². The lowest BCUT2D eigenvalue weighted by atomic mass is 10.3. The van der Waals surface area contributed by atoms with Gasteiger partial charge in [-0.15, -0.1) is 0 Å². The number of benzene rings is 1. The third-order valence-corrected chi connectivity index (χ3v) is 5.62. The van der Waals surface area contributed by atoms with Gasteiger partial charge in [-0.2, -0.15) is 0 Å². The van der Waals surface area contributed by atoms with Crippen molar-refractivity contribution in [3.63, 3.8) is 0 Å². The van der Waals surface area contributed by atoms with Crippen LogP contribution in [0.1, 0.15) is 17.9 Å². The molecule has 0 radical (unpaired) electrons. The highest BCUT2D eigenvalue weighted by atomic mass is 35.5. The van der Waals surface area contributed by atoms with Crippen LogP contribution in [-0.2, 0) is 24.2 Å². The molecule has 1 amide bonds. The first-order chi connectivity index (χ1) is 11.9. The number of hydrogen-bond acceptors (Lipinski definition) is 6. The molecule has 25 heavy (non-hydrogen) atoms. The van der Waals surface area contributed by atoms with Crippen LogP contribution in [0.2, 0.25) is 5.02 Å². The maximum atomic E-state index is 12.9. The summed E-state index contributed by atoms with van der Waals surface area (Å²) in [4.78, 5) is 23.1. The number of sulfone groups is 1. The molecule has 1 aromatic heterocycles. The minimum Gasteiger partial charge on any atom is -0.468 e. The van der Waals surface area contributed by atoms with Gasteiger partial charge in [0, 0.05) is 11.6 Å². The van der Waals surface area contributed by atoms with Gasteiger partial charge in [0.2, 0.25) is 0 Å². The number of carbonyl (C=O) groups excluding carboxylic acids is 2. The van der Waals surface area contributed by atoms with Gasteiger partial charge in [0.05, 0.1) is 17.8 Å². The molecule has 0 saturated heterocycles. The predicted molar refractivity (Wildman–Crippen MR) is 89.7 cm³/mol. The van der Waals surface area contributed by atoms with Crippen LogP contribution in [0.3, 0.4) is 0 Å². The number of halogens is 1. The Kier molecular flexibility index (Phi) is 6.22. The second kappa shape index (κ2) is 8.17. The first kappa shape index (κ1) is 19.0. The molecule has 0 fully saturated rings. The molecule has 0 aliphatic carbocycles. The third-order valence-electron chi connectivity index (χ3n) is 3.29. The van der Waals surface area contributed by atoms with Gasteiger partial charge < -0.3 is 14.5 Å². The van der Waals surface area contributed by atoms with E-state index in [1.54, 1.807) is 6.92 Å². The smallest absolute Gasteiger partial charge is 0.396 e. The number of esters is 1. The molecule has 2 aromatic rings. The summed E-state index contributed by atoms with van der Waals surface area (Å²) in [7, 11) is -3.89. The number of furan rings is 1. The minimum absolute atomic E-state index is 0.0173. The van der Waals surface area contributed by atoms with Crippen LogP contribution in [0.4, 0.5) is 0 Å². The zero-order valence-corrected chi connectivity index (χ0v) is 14.8. The fourth-order valence-electron chi connectivity index (χ4n) is 2.08. The molecule has 1 N–H and O–H groups in total. The van der Waals surface area contributed by atoms with Gasteiger partial charge in [-0.1, -0.05) is 11.6 Å². The van der Waals surface area contributed by atoms with E-state index in [0.29, 0.717) is 5.02 Å². The normalized spacial score (nSPS) is 12.4. The molecule has 0 spiro atoms. The van der Waals surface area contributed by atoms with E-state index in [1.165, 1.54) is 42.7 Å². The Balaban J connectivity index is 2.26. The van der Waals surface area contributed by atoms with Crippen molar-refractivity contribution in [3.05, 3.63) is 53.4 Å². The first-order valence-electron chi connectivity index (χ1n) is 7.34. The largest absolute Gasteiger partial charge is 0.468 e. The average Bonchev–Trinajstić information content (AvgIpc) is 3.09. The zero-order valence-electron chi connectivity index (χ0n) is 13.3. The SMILES string of the molecule is CCOC(=O)C(=O)NC[C@@H](c1ccco1)S(=O)(=O)c1ccc(Cl)cc1. The van der Waals surface area contributed by atoms with E-state index in [2.05, 4.69) is 10.1 Å². The van der Waals surface area contributed by atoms with Gasteiger partial charge in [0.25, 0.3) is 0 Å². The highest BCUT2D eigenvalue weighted by Gasteiger charge is 2.32. The molecule has 0 unspecified atom stereocenters. The van der Waals surface area contributed by atoms with Gasteiger partial charge >= 0.3 is 11.9 Å². The summed E-state index contributed by atoms with van der Waals surface area (Å²) in [6, 6.07) is 8.64. The van der Waals surface area contributed by atoms with Crippen LogP contribution >= 0.6 is 11.6 Å². The Morgan fingerprint density at radius 1 is 1.24 bits per heavy atom. The molecule has 1 atom stereocenters. The van der Waals surface area contributed by atoms with Crippen molar-refractivity contribution >= 4 is 33.3 Å². The summed E-state index contributed by atoms with van der Waals surface area (Å²) in [5, 5.41) is 1.45. The summed E-state index contributed by atoms with van der Waals surface area (Å²) in [5.74, 6) is -1.96. The summed E-state index contributed by atoms with van der Waals surface area (Å²) in [5.41, 5.74) is 0. The molecule has 9 heteroatoms. The van der Waals surface area contributed by atoms with Gasteiger partial charge in [-0.05, 0) is 43.3 Å². The number of rotatable bonds is 6. The number of ether oxygens (including phenoxy) is 1. The minimum atomic E-state index is -3.89. The van der Waals surface area contributed by atoms with Gasteiger partial charge in [-0.3, -0.25) is 4.79 Å². The van der Waals surface area contributed by atoms with E-state index in [4.69, 9.17) is 16.0 Å². The monoisotopic (exact) mass is 385 g/mol. The molecule has 2 rings (SSSR count). The Labute approximate surface area is 149 Å². The van der Waals surface area contributed by atoms with E-state index in [9.17, 15) is 18.0 Å². The van der Waals surface area contributed by atoms with Crippen LogP contribution in [0.25, 0.3) is 0 Å². The van der Waals surface area contributed by atoms with Crippen LogP contribution < -0.4 is 5.32 Å². The predicted octanol–water partition coefficient (Wildman–Crippen LogP) is 2.13. The maximum absolute atomic E-state index is 12.9. The van der Waals surface area contributed by atoms with Gasteiger partial charge in [0.15, 0.2) is 9.84 Å². The molecule has 0 saturated carbocycles. The van der Waals surface area contributed by atoms with Crippen molar-refractivity contribution in [1.29, 1.82) is 0 Å². The summed E-state index contributed by atoms with van der Waals surface area (Å²) < 4.78 is 35.5. The van der Waals surface area contributed by atoms with Crippen molar-refractivity contribution in [2.45, 2.75) is 17.1 Å². The Bertz CT molecular complexity index is 830. The molecule has 7 nitrogen and oxygen atoms in total. The van der Waals surface area contributed by atoms with Crippen LogP contribution in [0.15, 0.2) is 52.0 Å². The van der Waals surface area contributed by atoms with Gasteiger partial charge in [0.1, 0.15) is 11.0 Å². The zero-order chi connectivity index (χ0) is 18.4. The molecule has 134 valence electrons. The molecular formula is C16H16ClNO6S. The van der Waals surface area contributed by atoms with E-state index < -0.39 is 27.0 Å². The van der Waals surface area contributed by atoms with Crippen molar-refractivity contribution < 1.29 is 27.2 Å². The first-order valence-corrected chi connectivity index (χ1v) is 9.26. The Morgan fingerprint density at radius 3 is 2.48 bits per heavy atom. The summed E-state index contributed by atoms with van der Waals surface area (Å²) in [6.07, 6.45) is 1.33. The number of hydrogen-bond donors (Lipinski definition) is 1. The van der Waals surface area contributed by atoms with Crippen LogP contribution in [-0.4, -0.2) is 33.4 Å². The van der Waals surface area contributed by atoms with E-state index in [0.717, 1.165) is 0 Å². The number of amides is 1. The van der Waals surface area contributed by atoms with Crippen molar-refractivity contribution in [2.75, 3.05) is 13.2 Å². The second-order valence-electron chi connectivity index (χ2n) is 4.93. The van der Waals surface area contributed by atoms with Crippen molar-refractivity contribution in [1.82, 2.24) is 5.32 Å². The Hall–Kier alpha value is -2.32. The number of nitrogens with one attached hydrogen (secondary N) is 1. The van der Waals surface area contributed by atoms with Gasteiger partial charge in [-0.25, -0.2) is 13.2 Å². The second-order valence-corrected chi connectivity index (χ2v) is 7.50. The summed E-state index contributed by atoms with van der Waals surface area (Å²) >= 11 is 5.79. The molecule has 1 heterocycles. The fourth-order valence-corrected chi connectivity index (χ4v) is 3.79. The van der Waals surface area contributed by atoms with E-state index >= 15 is 0 Å². The van der Waals surface area contributed by atoms with E-state index in [-0.39, 0.29) is 23.8 Å². The molecular weight excluding hydrogens is 370 g/mol. The number of carbonyl (C=O) groups is 2. The highest BCUT2D eigenvalue weighted by Crippen LogP contribution is 2.29. The topological polar surface area (TPSA) is 103 Å². The average molecular weight is 386 g/mol. The standard InChI is InChI=1S/C16H16ClNO6S/c1-2-23-16(20)15(19)18-10-14(13-4-3-9-24-13)25(21,22)12-7-5-11(17)6-8-12/h3-9,14H,2,10H2,1H3,(H,18,19)/t14-/m0/s1. The van der Waals surface area contributed by atoms with Crippen LogP contribution in [0, 0.1) is 0 Å². The maximum Gasteiger partial charge on any atom is 0.396 e. The lowest BCUT2D eigenvalue weighted by Crippen LogP contribution is -2.37. The lowest BCUT2D eigenvalue weighted by Gasteiger charge is -2.16. The third kappa shape index (κ3) is 4.61. The Morgan fingerprint density at radius 2 is 1.92 bits per heavy atom. The molecule has 0 aliphatic heterocycles. The molecule has 1 aromatic carbocycles. The molecule has 0 bridgehead atoms. The quantitative estimate of drug-likeness (QED) is 0.603. The van der Waals surface area contributed by atoms with Crippen LogP contribution in [0.5, 0.6) is 0 Å². The fraction of sp³-hybridized carbons (Fsp3) is 0.250. The highest BCUT2D eigenvalue weighted by molar-refractivity contribution is 7.91. The van der Waals surface area contributed by atoms with Crippen molar-refractivity contribution in [2.24, 2.45) is 0 Å². The lowest BCUT2D eigenvalue weighted by molar-refractivity contribution is -0.154. The van der Waals surface area contributed by atoms with E-state index in [1.807, 2.05) is 0 Å². The summed E-state index contributed by atoms with van der Waals surface area (Å²) in [6.45, 7) is 1.24.